The molecule has 0 atom stereocenters. The normalized spacial score (nSPS) is 14.8. The number of ether oxygens (including phenoxy) is 1. The number of aliphatic imine (C=N–C) groups is 1. The van der Waals surface area contributed by atoms with Crippen molar-refractivity contribution in [2.45, 2.75) is 58.1 Å². The van der Waals surface area contributed by atoms with Gasteiger partial charge in [-0.25, -0.2) is 0 Å². The van der Waals surface area contributed by atoms with Gasteiger partial charge in [0.1, 0.15) is 6.10 Å². The highest BCUT2D eigenvalue weighted by atomic mass is 127. The first-order valence-corrected chi connectivity index (χ1v) is 9.10. The number of esters is 1. The SMILES string of the molecule is CCNC(=NCCCC(=O)OC1CCCC1)NCCn1cccc1.I. The van der Waals surface area contributed by atoms with Gasteiger partial charge in [0, 0.05) is 45.0 Å². The molecule has 1 fully saturated rings. The lowest BCUT2D eigenvalue weighted by Gasteiger charge is -2.12. The molecule has 1 aromatic heterocycles. The van der Waals surface area contributed by atoms with Crippen LogP contribution in [0.3, 0.4) is 0 Å². The summed E-state index contributed by atoms with van der Waals surface area (Å²) in [5.41, 5.74) is 0. The van der Waals surface area contributed by atoms with E-state index in [-0.39, 0.29) is 36.0 Å². The molecule has 1 heterocycles. The summed E-state index contributed by atoms with van der Waals surface area (Å²) in [6.45, 7) is 5.19. The van der Waals surface area contributed by atoms with Gasteiger partial charge in [0.25, 0.3) is 0 Å². The van der Waals surface area contributed by atoms with Crippen molar-refractivity contribution >= 4 is 35.9 Å². The third kappa shape index (κ3) is 9.13. The van der Waals surface area contributed by atoms with Gasteiger partial charge >= 0.3 is 5.97 Å². The Balaban J connectivity index is 0.00000312. The summed E-state index contributed by atoms with van der Waals surface area (Å²) < 4.78 is 7.57. The van der Waals surface area contributed by atoms with Crippen LogP contribution in [0.2, 0.25) is 0 Å². The van der Waals surface area contributed by atoms with E-state index in [4.69, 9.17) is 4.74 Å². The maximum Gasteiger partial charge on any atom is 0.306 e. The first-order valence-electron chi connectivity index (χ1n) is 9.10. The Hall–Kier alpha value is -1.25. The molecule has 1 aliphatic rings. The maximum absolute atomic E-state index is 11.8. The smallest absolute Gasteiger partial charge is 0.306 e. The average molecular weight is 462 g/mol. The largest absolute Gasteiger partial charge is 0.462 e. The van der Waals surface area contributed by atoms with Crippen LogP contribution in [-0.4, -0.2) is 42.2 Å². The minimum Gasteiger partial charge on any atom is -0.462 e. The van der Waals surface area contributed by atoms with Gasteiger partial charge < -0.3 is 19.9 Å². The lowest BCUT2D eigenvalue weighted by molar-refractivity contribution is -0.148. The number of guanidine groups is 1. The molecule has 1 aromatic rings. The molecule has 0 aromatic carbocycles. The molecule has 0 bridgehead atoms. The molecule has 7 heteroatoms. The topological polar surface area (TPSA) is 67.7 Å². The van der Waals surface area contributed by atoms with Crippen LogP contribution in [0.4, 0.5) is 0 Å². The fourth-order valence-electron chi connectivity index (χ4n) is 2.83. The summed E-state index contributed by atoms with van der Waals surface area (Å²) in [5.74, 6) is 0.719. The first kappa shape index (κ1) is 21.8. The molecule has 142 valence electrons. The molecule has 0 radical (unpaired) electrons. The molecule has 1 aliphatic carbocycles. The second-order valence-electron chi connectivity index (χ2n) is 6.11. The zero-order valence-corrected chi connectivity index (χ0v) is 17.4. The van der Waals surface area contributed by atoms with E-state index in [0.717, 1.165) is 44.9 Å². The highest BCUT2D eigenvalue weighted by Crippen LogP contribution is 2.21. The zero-order chi connectivity index (χ0) is 17.0. The Morgan fingerprint density at radius 2 is 1.96 bits per heavy atom. The van der Waals surface area contributed by atoms with Crippen molar-refractivity contribution in [1.29, 1.82) is 0 Å². The van der Waals surface area contributed by atoms with Crippen molar-refractivity contribution < 1.29 is 9.53 Å². The quantitative estimate of drug-likeness (QED) is 0.195. The third-order valence-corrected chi connectivity index (χ3v) is 4.08. The molecular weight excluding hydrogens is 431 g/mol. The minimum atomic E-state index is -0.0809. The Morgan fingerprint density at radius 1 is 1.24 bits per heavy atom. The van der Waals surface area contributed by atoms with E-state index in [1.165, 1.54) is 12.8 Å². The van der Waals surface area contributed by atoms with Crippen molar-refractivity contribution in [2.24, 2.45) is 4.99 Å². The molecule has 0 aliphatic heterocycles. The van der Waals surface area contributed by atoms with Gasteiger partial charge in [-0.15, -0.1) is 24.0 Å². The van der Waals surface area contributed by atoms with Gasteiger partial charge in [-0.2, -0.15) is 0 Å². The van der Waals surface area contributed by atoms with Crippen LogP contribution in [0.25, 0.3) is 0 Å². The molecule has 0 unspecified atom stereocenters. The van der Waals surface area contributed by atoms with E-state index in [2.05, 4.69) is 20.2 Å². The standard InChI is InChI=1S/C18H30N4O2.HI/c1-2-19-18(21-12-15-22-13-5-6-14-22)20-11-7-10-17(23)24-16-8-3-4-9-16;/h5-6,13-14,16H,2-4,7-12,15H2,1H3,(H2,19,20,21);1H. The number of carbonyl (C=O) groups is 1. The number of nitrogens with zero attached hydrogens (tertiary/aromatic N) is 2. The van der Waals surface area contributed by atoms with E-state index in [0.29, 0.717) is 13.0 Å². The van der Waals surface area contributed by atoms with Gasteiger partial charge in [0.15, 0.2) is 5.96 Å². The van der Waals surface area contributed by atoms with Crippen molar-refractivity contribution in [1.82, 2.24) is 15.2 Å². The molecule has 0 amide bonds. The molecule has 25 heavy (non-hydrogen) atoms. The summed E-state index contributed by atoms with van der Waals surface area (Å²) in [6, 6.07) is 4.04. The fraction of sp³-hybridized carbons (Fsp3) is 0.667. The second kappa shape index (κ2) is 13.0. The van der Waals surface area contributed by atoms with Gasteiger partial charge in [-0.1, -0.05) is 0 Å². The molecular formula is C18H31IN4O2. The van der Waals surface area contributed by atoms with Crippen LogP contribution in [0, 0.1) is 0 Å². The van der Waals surface area contributed by atoms with Crippen molar-refractivity contribution in [2.75, 3.05) is 19.6 Å². The Bertz CT molecular complexity index is 499. The van der Waals surface area contributed by atoms with Crippen molar-refractivity contribution in [3.05, 3.63) is 24.5 Å². The van der Waals surface area contributed by atoms with Crippen LogP contribution < -0.4 is 10.6 Å². The number of nitrogens with one attached hydrogen (secondary N) is 2. The van der Waals surface area contributed by atoms with Crippen molar-refractivity contribution in [3.63, 3.8) is 0 Å². The van der Waals surface area contributed by atoms with Gasteiger partial charge in [-0.05, 0) is 51.2 Å². The molecule has 6 nitrogen and oxygen atoms in total. The number of carbonyl (C=O) groups excluding carboxylic acids is 1. The molecule has 1 saturated carbocycles. The number of rotatable bonds is 9. The summed E-state index contributed by atoms with van der Waals surface area (Å²) in [5, 5.41) is 6.53. The summed E-state index contributed by atoms with van der Waals surface area (Å²) >= 11 is 0. The lowest BCUT2D eigenvalue weighted by atomic mass is 10.3. The molecule has 2 rings (SSSR count). The Morgan fingerprint density at radius 3 is 2.64 bits per heavy atom. The van der Waals surface area contributed by atoms with Crippen LogP contribution in [-0.2, 0) is 16.1 Å². The first-order chi connectivity index (χ1) is 11.8. The van der Waals surface area contributed by atoms with Crippen LogP contribution in [0.1, 0.15) is 45.4 Å². The zero-order valence-electron chi connectivity index (χ0n) is 15.1. The summed E-state index contributed by atoms with van der Waals surface area (Å²) in [4.78, 5) is 16.3. The fourth-order valence-corrected chi connectivity index (χ4v) is 2.83. The van der Waals surface area contributed by atoms with Crippen molar-refractivity contribution in [3.8, 4) is 0 Å². The van der Waals surface area contributed by atoms with E-state index in [1.807, 2.05) is 31.5 Å². The van der Waals surface area contributed by atoms with Gasteiger partial charge in [-0.3, -0.25) is 9.79 Å². The lowest BCUT2D eigenvalue weighted by Crippen LogP contribution is -2.38. The van der Waals surface area contributed by atoms with E-state index in [1.54, 1.807) is 0 Å². The second-order valence-corrected chi connectivity index (χ2v) is 6.11. The average Bonchev–Trinajstić information content (AvgIpc) is 3.25. The van der Waals surface area contributed by atoms with Gasteiger partial charge in [0.2, 0.25) is 0 Å². The maximum atomic E-state index is 11.8. The predicted octanol–water partition coefficient (Wildman–Crippen LogP) is 2.93. The highest BCUT2D eigenvalue weighted by molar-refractivity contribution is 14.0. The van der Waals surface area contributed by atoms with E-state index < -0.39 is 0 Å². The monoisotopic (exact) mass is 462 g/mol. The number of aromatic nitrogens is 1. The predicted molar refractivity (Wildman–Crippen MR) is 111 cm³/mol. The van der Waals surface area contributed by atoms with E-state index >= 15 is 0 Å². The van der Waals surface area contributed by atoms with Gasteiger partial charge in [0.05, 0.1) is 0 Å². The molecule has 0 saturated heterocycles. The number of hydrogen-bond acceptors (Lipinski definition) is 3. The number of halogens is 1. The Kier molecular flexibility index (Phi) is 11.3. The minimum absolute atomic E-state index is 0. The van der Waals surface area contributed by atoms with E-state index in [9.17, 15) is 4.79 Å². The third-order valence-electron chi connectivity index (χ3n) is 4.08. The summed E-state index contributed by atoms with van der Waals surface area (Å²) in [6.07, 6.45) is 9.84. The number of hydrogen-bond donors (Lipinski definition) is 2. The summed E-state index contributed by atoms with van der Waals surface area (Å²) in [7, 11) is 0. The Labute approximate surface area is 167 Å². The van der Waals surface area contributed by atoms with Crippen LogP contribution in [0.15, 0.2) is 29.5 Å². The molecule has 0 spiro atoms. The van der Waals surface area contributed by atoms with Crippen LogP contribution >= 0.6 is 24.0 Å². The highest BCUT2D eigenvalue weighted by Gasteiger charge is 2.18. The molecule has 2 N–H and O–H groups in total. The van der Waals surface area contributed by atoms with Crippen LogP contribution in [0.5, 0.6) is 0 Å².